The van der Waals surface area contributed by atoms with Gasteiger partial charge in [0.05, 0.1) is 5.69 Å². The van der Waals surface area contributed by atoms with Gasteiger partial charge in [-0.2, -0.15) is 13.2 Å². The summed E-state index contributed by atoms with van der Waals surface area (Å²) in [5, 5.41) is 0. The second kappa shape index (κ2) is 5.08. The molecule has 9 heteroatoms. The number of hydrogen-bond donors (Lipinski definition) is 0. The molecule has 1 saturated carbocycles. The first-order valence-corrected chi connectivity index (χ1v) is 4.90. The Labute approximate surface area is 142 Å². The van der Waals surface area contributed by atoms with Gasteiger partial charge >= 0.3 is 64.5 Å². The van der Waals surface area contributed by atoms with E-state index < -0.39 is 24.0 Å². The molecule has 1 fully saturated rings. The molecule has 18 heavy (non-hydrogen) atoms. The normalized spacial score (nSPS) is 18.1. The Morgan fingerprint density at radius 3 is 1.94 bits per heavy atom. The van der Waals surface area contributed by atoms with Crippen molar-refractivity contribution < 1.29 is 77.5 Å². The summed E-state index contributed by atoms with van der Waals surface area (Å²) in [6.07, 6.45) is -4.20. The molecule has 1 aromatic heterocycles. The maximum absolute atomic E-state index is 12.7. The summed E-state index contributed by atoms with van der Waals surface area (Å²) in [4.78, 5) is 3.32. The first-order valence-electron chi connectivity index (χ1n) is 4.90. The second-order valence-electron chi connectivity index (χ2n) is 4.13. The number of alkyl halides is 3. The molecule has 1 nitrogen and oxygen atoms in total. The van der Waals surface area contributed by atoms with Crippen molar-refractivity contribution in [2.75, 3.05) is 0 Å². The summed E-state index contributed by atoms with van der Waals surface area (Å²) in [6.45, 7) is -5.21. The van der Waals surface area contributed by atoms with Crippen molar-refractivity contribution in [1.29, 1.82) is 0 Å². The van der Waals surface area contributed by atoms with Crippen molar-refractivity contribution in [2.24, 2.45) is 0 Å². The van der Waals surface area contributed by atoms with Crippen LogP contribution in [0.2, 0.25) is 0 Å². The minimum absolute atomic E-state index is 0. The first-order chi connectivity index (χ1) is 7.67. The summed E-state index contributed by atoms with van der Waals surface area (Å²) in [5.74, 6) is 0. The van der Waals surface area contributed by atoms with Gasteiger partial charge in [0, 0.05) is 6.20 Å². The average Bonchev–Trinajstić information content (AvgIpc) is 2.96. The number of hydrogen-bond acceptors (Lipinski definition) is 1. The number of aromatic nitrogens is 1. The van der Waals surface area contributed by atoms with Crippen molar-refractivity contribution in [2.45, 2.75) is 24.4 Å². The van der Waals surface area contributed by atoms with Crippen LogP contribution < -0.4 is 56.8 Å². The first kappa shape index (κ1) is 16.5. The summed E-state index contributed by atoms with van der Waals surface area (Å²) in [6, 6.07) is 1.49. The third-order valence-electron chi connectivity index (χ3n) is 2.95. The molecule has 1 heterocycles. The van der Waals surface area contributed by atoms with Gasteiger partial charge in [0.2, 0.25) is 0 Å². The van der Waals surface area contributed by atoms with Gasteiger partial charge in [-0.25, -0.2) is 0 Å². The van der Waals surface area contributed by atoms with Crippen molar-refractivity contribution in [3.63, 3.8) is 0 Å². The molecule has 0 amide bonds. The van der Waals surface area contributed by atoms with Gasteiger partial charge in [0.25, 0.3) is 0 Å². The van der Waals surface area contributed by atoms with E-state index in [1.165, 1.54) is 0 Å². The quantitative estimate of drug-likeness (QED) is 0.540. The molecule has 0 radical (unpaired) electrons. The van der Waals surface area contributed by atoms with Gasteiger partial charge in [0.1, 0.15) is 5.41 Å². The van der Waals surface area contributed by atoms with Crippen LogP contribution >= 0.6 is 0 Å². The number of pyridine rings is 1. The molecular weight excluding hydrogens is 286 g/mol. The molecule has 0 aromatic carbocycles. The van der Waals surface area contributed by atoms with Crippen LogP contribution in [0.5, 0.6) is 0 Å². The van der Waals surface area contributed by atoms with E-state index in [1.54, 1.807) is 0 Å². The molecule has 0 atom stereocenters. The molecule has 2 rings (SSSR count). The molecule has 1 aliphatic carbocycles. The fourth-order valence-electron chi connectivity index (χ4n) is 1.69. The van der Waals surface area contributed by atoms with Gasteiger partial charge in [-0.3, -0.25) is 4.98 Å². The van der Waals surface area contributed by atoms with Gasteiger partial charge in [-0.05, 0) is 18.9 Å². The van der Waals surface area contributed by atoms with Crippen LogP contribution in [0.1, 0.15) is 18.5 Å². The molecule has 0 aliphatic heterocycles. The van der Waals surface area contributed by atoms with E-state index in [2.05, 4.69) is 4.98 Å². The summed E-state index contributed by atoms with van der Waals surface area (Å²) < 4.78 is 74.8. The van der Waals surface area contributed by atoms with Crippen molar-refractivity contribution in [3.05, 3.63) is 24.0 Å². The maximum atomic E-state index is 12.7. The van der Waals surface area contributed by atoms with Crippen LogP contribution in [-0.4, -0.2) is 18.1 Å². The monoisotopic (exact) mass is 293 g/mol. The van der Waals surface area contributed by atoms with Crippen molar-refractivity contribution in [1.82, 2.24) is 4.98 Å². The van der Waals surface area contributed by atoms with Crippen LogP contribution in [0.25, 0.3) is 0 Å². The summed E-state index contributed by atoms with van der Waals surface area (Å²) in [5.41, 5.74) is -3.33. The Morgan fingerprint density at radius 2 is 1.67 bits per heavy atom. The van der Waals surface area contributed by atoms with Gasteiger partial charge in [0.15, 0.2) is 0 Å². The molecule has 0 bridgehead atoms. The van der Waals surface area contributed by atoms with Gasteiger partial charge in [-0.15, -0.1) is 0 Å². The van der Waals surface area contributed by atoms with E-state index in [-0.39, 0.29) is 69.9 Å². The van der Waals surface area contributed by atoms with Crippen LogP contribution in [-0.2, 0) is 5.41 Å². The van der Waals surface area contributed by atoms with E-state index >= 15 is 0 Å². The third-order valence-corrected chi connectivity index (χ3v) is 2.95. The standard InChI is InChI=1S/C9H7BF6N.K/c11-9(12,13)8(3-4-8)7-2-1-6(5-17-7)10(14,15)16;/h1-2,5H,3-4H2;/q-1;+1. The maximum Gasteiger partial charge on any atom is 1.00 e. The Kier molecular flexibility index (Phi) is 4.65. The largest absolute Gasteiger partial charge is 1.00 e. The SMILES string of the molecule is F[B-](F)(F)c1ccc(C2(C(F)(F)F)CC2)nc1.[K+]. The average molecular weight is 293 g/mol. The zero-order valence-electron chi connectivity index (χ0n) is 9.44. The predicted octanol–water partition coefficient (Wildman–Crippen LogP) is -0.266. The predicted molar refractivity (Wildman–Crippen MR) is 49.9 cm³/mol. The van der Waals surface area contributed by atoms with E-state index in [9.17, 15) is 26.1 Å². The molecule has 1 aromatic rings. The molecule has 1 aliphatic rings. The molecule has 0 spiro atoms. The zero-order valence-corrected chi connectivity index (χ0v) is 12.6. The Morgan fingerprint density at radius 1 is 1.11 bits per heavy atom. The zero-order chi connectivity index (χ0) is 12.9. The molecule has 0 N–H and O–H groups in total. The minimum Gasteiger partial charge on any atom is -0.445 e. The topological polar surface area (TPSA) is 12.9 Å². The fourth-order valence-corrected chi connectivity index (χ4v) is 1.69. The Bertz CT molecular complexity index is 422. The number of halogens is 6. The number of rotatable bonds is 2. The van der Waals surface area contributed by atoms with E-state index in [1.807, 2.05) is 0 Å². The number of nitrogens with zero attached hydrogens (tertiary/aromatic N) is 1. The summed E-state index contributed by atoms with van der Waals surface area (Å²) in [7, 11) is 0. The van der Waals surface area contributed by atoms with Gasteiger partial charge in [-0.1, -0.05) is 11.5 Å². The van der Waals surface area contributed by atoms with Crippen LogP contribution in [0.15, 0.2) is 18.3 Å². The minimum atomic E-state index is -5.21. The second-order valence-corrected chi connectivity index (χ2v) is 4.13. The fraction of sp³-hybridized carbons (Fsp3) is 0.444. The smallest absolute Gasteiger partial charge is 0.445 e. The van der Waals surface area contributed by atoms with Crippen molar-refractivity contribution >= 4 is 12.4 Å². The molecule has 0 unspecified atom stereocenters. The van der Waals surface area contributed by atoms with E-state index in [4.69, 9.17) is 0 Å². The third kappa shape index (κ3) is 2.95. The van der Waals surface area contributed by atoms with Gasteiger partial charge < -0.3 is 12.9 Å². The van der Waals surface area contributed by atoms with Crippen molar-refractivity contribution in [3.8, 4) is 0 Å². The molecular formula is C9H7BF6KN. The molecule has 94 valence electrons. The summed E-state index contributed by atoms with van der Waals surface area (Å²) >= 11 is 0. The molecule has 0 saturated heterocycles. The van der Waals surface area contributed by atoms with Crippen LogP contribution in [0.4, 0.5) is 26.1 Å². The van der Waals surface area contributed by atoms with E-state index in [0.717, 1.165) is 6.07 Å². The van der Waals surface area contributed by atoms with E-state index in [0.29, 0.717) is 12.3 Å². The Balaban J connectivity index is 0.00000162. The van der Waals surface area contributed by atoms with Crippen LogP contribution in [0, 0.1) is 0 Å². The Hall–Kier alpha value is 0.431. The van der Waals surface area contributed by atoms with Crippen LogP contribution in [0.3, 0.4) is 0 Å².